The summed E-state index contributed by atoms with van der Waals surface area (Å²) in [4.78, 5) is 45.8. The van der Waals surface area contributed by atoms with Crippen molar-refractivity contribution in [3.63, 3.8) is 0 Å². The normalized spacial score (nSPS) is 15.3. The van der Waals surface area contributed by atoms with Crippen molar-refractivity contribution < 1.29 is 19.1 Å². The number of esters is 1. The van der Waals surface area contributed by atoms with E-state index in [1.54, 1.807) is 41.3 Å². The van der Waals surface area contributed by atoms with Crippen molar-refractivity contribution in [2.75, 3.05) is 11.9 Å². The Hall–Kier alpha value is -4.79. The van der Waals surface area contributed by atoms with Gasteiger partial charge in [-0.3, -0.25) is 19.8 Å². The molecule has 0 radical (unpaired) electrons. The fourth-order valence-corrected chi connectivity index (χ4v) is 5.31. The van der Waals surface area contributed by atoms with E-state index < -0.39 is 5.97 Å². The summed E-state index contributed by atoms with van der Waals surface area (Å²) in [7, 11) is 0. The van der Waals surface area contributed by atoms with Gasteiger partial charge in [0.15, 0.2) is 0 Å². The highest BCUT2D eigenvalue weighted by Crippen LogP contribution is 2.29. The Kier molecular flexibility index (Phi) is 9.06. The molecule has 1 aliphatic carbocycles. The Bertz CT molecular complexity index is 1490. The van der Waals surface area contributed by atoms with Gasteiger partial charge in [0.2, 0.25) is 0 Å². The molecule has 4 N–H and O–H groups in total. The average molecular weight is 566 g/mol. The van der Waals surface area contributed by atoms with Crippen LogP contribution in [-0.2, 0) is 27.3 Å². The molecule has 0 saturated heterocycles. The number of aliphatic imine (C=N–C) groups is 1. The van der Waals surface area contributed by atoms with Crippen LogP contribution >= 0.6 is 0 Å². The third kappa shape index (κ3) is 7.28. The number of carbonyl (C=O) groups excluding carboxylic acids is 3. The quantitative estimate of drug-likeness (QED) is 0.187. The molecule has 3 aromatic carbocycles. The number of ether oxygens (including phenoxy) is 1. The predicted molar refractivity (Wildman–Crippen MR) is 162 cm³/mol. The summed E-state index contributed by atoms with van der Waals surface area (Å²) in [5.41, 5.74) is 9.62. The Labute approximate surface area is 245 Å². The van der Waals surface area contributed by atoms with E-state index >= 15 is 0 Å². The molecule has 3 aromatic rings. The SMILES string of the molecule is N=C(N)c1ccc(C(=O)Nc2ccc3c(c2)CN(CCc2ccccc2)C(=O)C(CC(=O)OC2CCCCC2)=N3)cc1. The highest BCUT2D eigenvalue weighted by molar-refractivity contribution is 6.42. The van der Waals surface area contributed by atoms with E-state index in [0.29, 0.717) is 35.5 Å². The Balaban J connectivity index is 1.36. The smallest absolute Gasteiger partial charge is 0.312 e. The van der Waals surface area contributed by atoms with E-state index in [4.69, 9.17) is 15.9 Å². The molecule has 5 rings (SSSR count). The first-order valence-corrected chi connectivity index (χ1v) is 14.3. The van der Waals surface area contributed by atoms with Crippen LogP contribution in [0.5, 0.6) is 0 Å². The van der Waals surface area contributed by atoms with E-state index in [9.17, 15) is 14.4 Å². The Morgan fingerprint density at radius 1 is 0.976 bits per heavy atom. The number of hydrogen-bond acceptors (Lipinski definition) is 6. The highest BCUT2D eigenvalue weighted by Gasteiger charge is 2.28. The molecule has 0 bridgehead atoms. The summed E-state index contributed by atoms with van der Waals surface area (Å²) in [6.45, 7) is 0.723. The number of carbonyl (C=O) groups is 3. The van der Waals surface area contributed by atoms with Crippen molar-refractivity contribution in [1.29, 1.82) is 5.41 Å². The van der Waals surface area contributed by atoms with Crippen LogP contribution in [0.1, 0.15) is 65.6 Å². The third-order valence-corrected chi connectivity index (χ3v) is 7.62. The van der Waals surface area contributed by atoms with Crippen molar-refractivity contribution in [1.82, 2.24) is 4.90 Å². The summed E-state index contributed by atoms with van der Waals surface area (Å²) in [6, 6.07) is 21.7. The zero-order valence-corrected chi connectivity index (χ0v) is 23.5. The molecule has 216 valence electrons. The largest absolute Gasteiger partial charge is 0.462 e. The summed E-state index contributed by atoms with van der Waals surface area (Å²) >= 11 is 0. The van der Waals surface area contributed by atoms with Gasteiger partial charge in [-0.2, -0.15) is 0 Å². The fourth-order valence-electron chi connectivity index (χ4n) is 5.31. The number of rotatable bonds is 9. The summed E-state index contributed by atoms with van der Waals surface area (Å²) in [5, 5.41) is 10.4. The molecule has 0 aromatic heterocycles. The molecule has 1 saturated carbocycles. The molecule has 0 atom stereocenters. The van der Waals surface area contributed by atoms with Crippen molar-refractivity contribution in [2.45, 2.75) is 57.6 Å². The Morgan fingerprint density at radius 2 is 1.69 bits per heavy atom. The number of amidine groups is 1. The molecule has 9 heteroatoms. The lowest BCUT2D eigenvalue weighted by atomic mass is 9.98. The standard InChI is InChI=1S/C33H35N5O4/c34-31(35)23-11-13-24(14-12-23)32(40)36-26-15-16-28-25(19-26)21-38(18-17-22-7-3-1-4-8-22)33(41)29(37-28)20-30(39)42-27-9-5-2-6-10-27/h1,3-4,7-8,11-16,19,27H,2,5-6,9-10,17-18,20-21H2,(H3,34,35)(H,36,40). The molecule has 1 fully saturated rings. The number of fused-ring (bicyclic) bond motifs is 1. The monoisotopic (exact) mass is 565 g/mol. The maximum atomic E-state index is 13.7. The van der Waals surface area contributed by atoms with Crippen LogP contribution in [0, 0.1) is 5.41 Å². The van der Waals surface area contributed by atoms with Crippen molar-refractivity contribution in [3.05, 3.63) is 95.1 Å². The first-order valence-electron chi connectivity index (χ1n) is 14.3. The Morgan fingerprint density at radius 3 is 2.40 bits per heavy atom. The second-order valence-corrected chi connectivity index (χ2v) is 10.7. The lowest BCUT2D eigenvalue weighted by Gasteiger charge is -2.23. The van der Waals surface area contributed by atoms with E-state index in [1.807, 2.05) is 36.4 Å². The summed E-state index contributed by atoms with van der Waals surface area (Å²) < 4.78 is 5.70. The number of hydrogen-bond donors (Lipinski definition) is 3. The third-order valence-electron chi connectivity index (χ3n) is 7.62. The number of nitrogen functional groups attached to an aromatic ring is 1. The molecule has 1 aliphatic heterocycles. The van der Waals surface area contributed by atoms with Crippen LogP contribution in [0.2, 0.25) is 0 Å². The summed E-state index contributed by atoms with van der Waals surface area (Å²) in [6.07, 6.45) is 5.31. The van der Waals surface area contributed by atoms with Gasteiger partial charge in [0, 0.05) is 29.9 Å². The second-order valence-electron chi connectivity index (χ2n) is 10.7. The number of benzene rings is 3. The zero-order valence-electron chi connectivity index (χ0n) is 23.5. The van der Waals surface area contributed by atoms with Gasteiger partial charge >= 0.3 is 5.97 Å². The molecule has 2 aliphatic rings. The minimum Gasteiger partial charge on any atom is -0.462 e. The second kappa shape index (κ2) is 13.2. The number of amides is 2. The van der Waals surface area contributed by atoms with Gasteiger partial charge in [0.1, 0.15) is 17.7 Å². The van der Waals surface area contributed by atoms with Crippen LogP contribution < -0.4 is 11.1 Å². The van der Waals surface area contributed by atoms with Gasteiger partial charge in [-0.15, -0.1) is 0 Å². The summed E-state index contributed by atoms with van der Waals surface area (Å²) in [5.74, 6) is -1.11. The molecule has 2 amide bonds. The zero-order chi connectivity index (χ0) is 29.5. The fraction of sp³-hybridized carbons (Fsp3) is 0.303. The predicted octanol–water partition coefficient (Wildman–Crippen LogP) is 5.15. The van der Waals surface area contributed by atoms with Crippen LogP contribution in [0.15, 0.2) is 77.8 Å². The van der Waals surface area contributed by atoms with Crippen LogP contribution in [0.3, 0.4) is 0 Å². The number of nitrogens with zero attached hydrogens (tertiary/aromatic N) is 2. The van der Waals surface area contributed by atoms with Crippen molar-refractivity contribution in [2.24, 2.45) is 10.7 Å². The minimum absolute atomic E-state index is 0.0683. The highest BCUT2D eigenvalue weighted by atomic mass is 16.5. The molecule has 0 spiro atoms. The minimum atomic E-state index is -0.430. The van der Waals surface area contributed by atoms with Crippen molar-refractivity contribution in [3.8, 4) is 0 Å². The van der Waals surface area contributed by atoms with Gasteiger partial charge in [-0.1, -0.05) is 48.9 Å². The molecule has 42 heavy (non-hydrogen) atoms. The number of nitrogens with one attached hydrogen (secondary N) is 2. The van der Waals surface area contributed by atoms with E-state index in [-0.39, 0.29) is 42.4 Å². The lowest BCUT2D eigenvalue weighted by molar-refractivity contribution is -0.149. The topological polar surface area (TPSA) is 138 Å². The van der Waals surface area contributed by atoms with E-state index in [1.165, 1.54) is 0 Å². The maximum Gasteiger partial charge on any atom is 0.312 e. The molecule has 1 heterocycles. The number of anilines is 1. The van der Waals surface area contributed by atoms with Crippen LogP contribution in [-0.4, -0.2) is 46.9 Å². The van der Waals surface area contributed by atoms with Gasteiger partial charge in [0.05, 0.1) is 12.1 Å². The van der Waals surface area contributed by atoms with Crippen molar-refractivity contribution >= 4 is 40.7 Å². The average Bonchev–Trinajstić information content (AvgIpc) is 3.12. The van der Waals surface area contributed by atoms with Crippen LogP contribution in [0.4, 0.5) is 11.4 Å². The lowest BCUT2D eigenvalue weighted by Crippen LogP contribution is -2.37. The van der Waals surface area contributed by atoms with E-state index in [0.717, 1.165) is 43.2 Å². The molecule has 0 unspecified atom stereocenters. The van der Waals surface area contributed by atoms with Gasteiger partial charge in [-0.25, -0.2) is 4.99 Å². The maximum absolute atomic E-state index is 13.7. The molecular formula is C33H35N5O4. The molecular weight excluding hydrogens is 530 g/mol. The number of nitrogens with two attached hydrogens (primary N) is 1. The first-order chi connectivity index (χ1) is 20.4. The van der Waals surface area contributed by atoms with E-state index in [2.05, 4.69) is 10.3 Å². The van der Waals surface area contributed by atoms with Gasteiger partial charge < -0.3 is 20.7 Å². The van der Waals surface area contributed by atoms with Crippen LogP contribution in [0.25, 0.3) is 0 Å². The van der Waals surface area contributed by atoms with Gasteiger partial charge in [0.25, 0.3) is 11.8 Å². The first kappa shape index (κ1) is 28.7. The van der Waals surface area contributed by atoms with Gasteiger partial charge in [-0.05, 0) is 73.6 Å². The molecule has 9 nitrogen and oxygen atoms in total.